The fraction of sp³-hybridized carbons (Fsp3) is 0. The Morgan fingerprint density at radius 3 is 1.00 bits per heavy atom. The van der Waals surface area contributed by atoms with Crippen LogP contribution in [0.4, 0.5) is 0 Å². The Balaban J connectivity index is 0. The number of hydrogen-bond acceptors (Lipinski definition) is 1. The van der Waals surface area contributed by atoms with Crippen molar-refractivity contribution in [1.82, 2.24) is 6.15 Å². The van der Waals surface area contributed by atoms with Crippen molar-refractivity contribution in [3.8, 4) is 0 Å². The smallest absolute Gasteiger partial charge is 2.00 e. The average molecular weight is 303 g/mol. The van der Waals surface area contributed by atoms with E-state index in [-0.39, 0.29) is 63.7 Å². The van der Waals surface area contributed by atoms with Crippen LogP contribution in [0, 0.1) is 0 Å². The third-order valence-electron chi connectivity index (χ3n) is 0. The molecule has 0 bridgehead atoms. The molecule has 4 heteroatoms. The van der Waals surface area contributed by atoms with E-state index in [1.807, 2.05) is 0 Å². The van der Waals surface area contributed by atoms with Gasteiger partial charge in [0, 0.05) is 0 Å². The van der Waals surface area contributed by atoms with Crippen LogP contribution in [-0.4, -0.2) is 0 Å². The molecular weight excluding hydrogens is 300 g/mol. The predicted molar refractivity (Wildman–Crippen MR) is 5.71 cm³/mol. The molecule has 0 amide bonds. The van der Waals surface area contributed by atoms with E-state index in [1.54, 1.807) is 0 Å². The summed E-state index contributed by atoms with van der Waals surface area (Å²) in [6.07, 6.45) is 0. The third kappa shape index (κ3) is 9.38. The van der Waals surface area contributed by atoms with Gasteiger partial charge in [-0.3, -0.25) is 0 Å². The molecule has 0 unspecified atom stereocenters. The van der Waals surface area contributed by atoms with Gasteiger partial charge in [-0.05, 0) is 0 Å². The van der Waals surface area contributed by atoms with Crippen LogP contribution in [0.3, 0.4) is 0 Å². The molecule has 4 heavy (non-hydrogen) atoms. The van der Waals surface area contributed by atoms with Crippen molar-refractivity contribution in [2.45, 2.75) is 0 Å². The Bertz CT molecular complexity index is 8.00. The summed E-state index contributed by atoms with van der Waals surface area (Å²) in [6, 6.07) is 0. The molecule has 0 heterocycles. The molecule has 0 aliphatic rings. The first-order valence-electron chi connectivity index (χ1n) is 0. The van der Waals surface area contributed by atoms with Gasteiger partial charge in [-0.1, -0.05) is 0 Å². The predicted octanol–water partition coefficient (Wildman–Crippen LogP) is 0.0382. The van der Waals surface area contributed by atoms with Crippen molar-refractivity contribution in [2.75, 3.05) is 0 Å². The minimum atomic E-state index is 0. The Morgan fingerprint density at radius 2 is 1.00 bits per heavy atom. The van der Waals surface area contributed by atoms with Crippen LogP contribution in [0.2, 0.25) is 0 Å². The molecule has 16 valence electrons. The van der Waals surface area contributed by atoms with Gasteiger partial charge in [0.05, 0.1) is 0 Å². The van der Waals surface area contributed by atoms with Crippen molar-refractivity contribution >= 4 is 0 Å². The molecule has 0 aliphatic carbocycles. The summed E-state index contributed by atoms with van der Waals surface area (Å²) in [6.45, 7) is 0. The van der Waals surface area contributed by atoms with Crippen molar-refractivity contribution in [1.29, 1.82) is 0 Å². The van der Waals surface area contributed by atoms with E-state index < -0.39 is 0 Å². The first-order valence-corrected chi connectivity index (χ1v) is 0. The first-order chi connectivity index (χ1) is 0. The quantitative estimate of drug-likeness (QED) is 0.631. The molecule has 3 N–H and O–H groups in total. The van der Waals surface area contributed by atoms with Crippen LogP contribution in [0.25, 0.3) is 0 Å². The summed E-state index contributed by atoms with van der Waals surface area (Å²) >= 11 is 0. The maximum absolute atomic E-state index is 0. The summed E-state index contributed by atoms with van der Waals surface area (Å²) < 4.78 is 0. The van der Waals surface area contributed by atoms with E-state index in [1.165, 1.54) is 0 Å². The van der Waals surface area contributed by atoms with Crippen molar-refractivity contribution in [3.05, 3.63) is 0 Å². The standard InChI is InChI=1S/Hf.H3N.O.Zr/h;1H3;;/q+4;;-2;+4. The minimum absolute atomic E-state index is 0. The molecule has 2 nitrogen and oxygen atoms in total. The maximum atomic E-state index is 0. The van der Waals surface area contributed by atoms with Gasteiger partial charge in [-0.15, -0.1) is 0 Å². The molecular formula is H3HfNOZr+6. The minimum Gasteiger partial charge on any atom is -2.00 e. The van der Waals surface area contributed by atoms with Gasteiger partial charge in [0.25, 0.3) is 0 Å². The second-order valence-electron chi connectivity index (χ2n) is 0. The number of rotatable bonds is 0. The van der Waals surface area contributed by atoms with E-state index in [2.05, 4.69) is 0 Å². The summed E-state index contributed by atoms with van der Waals surface area (Å²) in [5, 5.41) is 0. The monoisotopic (exact) mass is 303 g/mol. The van der Waals surface area contributed by atoms with Gasteiger partial charge in [-0.2, -0.15) is 0 Å². The third-order valence-corrected chi connectivity index (χ3v) is 0. The van der Waals surface area contributed by atoms with Crippen molar-refractivity contribution in [3.63, 3.8) is 0 Å². The van der Waals surface area contributed by atoms with E-state index in [9.17, 15) is 0 Å². The molecule has 0 atom stereocenters. The van der Waals surface area contributed by atoms with E-state index in [4.69, 9.17) is 0 Å². The zero-order valence-electron chi connectivity index (χ0n) is 2.12. The van der Waals surface area contributed by atoms with Crippen molar-refractivity contribution < 1.29 is 57.5 Å². The van der Waals surface area contributed by atoms with Crippen LogP contribution >= 0.6 is 0 Å². The van der Waals surface area contributed by atoms with Gasteiger partial charge in [0.15, 0.2) is 0 Å². The Labute approximate surface area is 63.1 Å². The van der Waals surface area contributed by atoms with Crippen LogP contribution in [0.15, 0.2) is 0 Å². The summed E-state index contributed by atoms with van der Waals surface area (Å²) in [4.78, 5) is 0. The molecule has 0 fully saturated rings. The second-order valence-corrected chi connectivity index (χ2v) is 0. The average Bonchev–Trinajstić information content (AvgIpc) is 0. The normalized spacial score (nSPS) is 0. The van der Waals surface area contributed by atoms with Gasteiger partial charge < -0.3 is 11.6 Å². The van der Waals surface area contributed by atoms with Gasteiger partial charge in [0.2, 0.25) is 0 Å². The molecule has 0 aliphatic heterocycles. The van der Waals surface area contributed by atoms with Gasteiger partial charge >= 0.3 is 52.0 Å². The van der Waals surface area contributed by atoms with Gasteiger partial charge in [0.1, 0.15) is 0 Å². The SMILES string of the molecule is N.[Hf+4].[O-2].[Zr+4]. The zero-order chi connectivity index (χ0) is 0. The van der Waals surface area contributed by atoms with Crippen LogP contribution in [0.1, 0.15) is 0 Å². The Kier molecular flexibility index (Phi) is 249. The molecule has 0 rings (SSSR count). The van der Waals surface area contributed by atoms with Gasteiger partial charge in [-0.25, -0.2) is 0 Å². The fourth-order valence-electron chi connectivity index (χ4n) is 0. The Morgan fingerprint density at radius 1 is 1.00 bits per heavy atom. The van der Waals surface area contributed by atoms with Crippen LogP contribution in [0.5, 0.6) is 0 Å². The largest absolute Gasteiger partial charge is 4.00 e. The summed E-state index contributed by atoms with van der Waals surface area (Å²) in [7, 11) is 0. The maximum Gasteiger partial charge on any atom is 4.00 e. The molecule has 0 radical (unpaired) electrons. The van der Waals surface area contributed by atoms with E-state index >= 15 is 0 Å². The van der Waals surface area contributed by atoms with E-state index in [0.717, 1.165) is 0 Å². The molecule has 0 spiro atoms. The topological polar surface area (TPSA) is 63.5 Å². The first kappa shape index (κ1) is 44.3. The molecule has 0 aromatic rings. The second kappa shape index (κ2) is 22.5. The molecule has 0 aromatic heterocycles. The van der Waals surface area contributed by atoms with Crippen LogP contribution in [-0.2, 0) is 57.5 Å². The van der Waals surface area contributed by atoms with Crippen molar-refractivity contribution in [2.24, 2.45) is 0 Å². The zero-order valence-corrected chi connectivity index (χ0v) is 8.17. The Hall–Kier alpha value is 1.67. The molecule has 0 saturated carbocycles. The van der Waals surface area contributed by atoms with Crippen LogP contribution < -0.4 is 6.15 Å². The molecule has 0 saturated heterocycles. The summed E-state index contributed by atoms with van der Waals surface area (Å²) in [5.41, 5.74) is 0. The number of hydrogen-bond donors (Lipinski definition) is 1. The summed E-state index contributed by atoms with van der Waals surface area (Å²) in [5.74, 6) is 0. The molecule has 0 aromatic carbocycles. The fourth-order valence-corrected chi connectivity index (χ4v) is 0. The van der Waals surface area contributed by atoms with E-state index in [0.29, 0.717) is 0 Å².